The molecule has 0 aromatic carbocycles. The Morgan fingerprint density at radius 3 is 2.77 bits per heavy atom. The number of rotatable bonds is 3. The van der Waals surface area contributed by atoms with E-state index in [9.17, 15) is 9.18 Å². The van der Waals surface area contributed by atoms with E-state index >= 15 is 0 Å². The number of amides is 1. The number of nitrogens with one attached hydrogen (secondary N) is 1. The van der Waals surface area contributed by atoms with Crippen LogP contribution in [-0.2, 0) is 4.79 Å². The fourth-order valence-electron chi connectivity index (χ4n) is 1.84. The minimum absolute atomic E-state index is 0.0366. The predicted octanol–water partition coefficient (Wildman–Crippen LogP) is 1.90. The van der Waals surface area contributed by atoms with Crippen LogP contribution in [0.3, 0.4) is 0 Å². The maximum absolute atomic E-state index is 12.1. The van der Waals surface area contributed by atoms with E-state index in [1.165, 1.54) is 0 Å². The van der Waals surface area contributed by atoms with E-state index in [1.807, 2.05) is 0 Å². The lowest BCUT2D eigenvalue weighted by molar-refractivity contribution is -0.125. The van der Waals surface area contributed by atoms with Crippen LogP contribution in [0.2, 0.25) is 0 Å². The Hall–Kier alpha value is -0.600. The van der Waals surface area contributed by atoms with Gasteiger partial charge in [-0.25, -0.2) is 4.39 Å². The summed E-state index contributed by atoms with van der Waals surface area (Å²) >= 11 is 0. The highest BCUT2D eigenvalue weighted by Gasteiger charge is 2.27. The molecule has 13 heavy (non-hydrogen) atoms. The third kappa shape index (κ3) is 2.98. The molecular formula is C10H18FNO. The lowest BCUT2D eigenvalue weighted by atomic mass is 10.1. The predicted molar refractivity (Wildman–Crippen MR) is 50.1 cm³/mol. The van der Waals surface area contributed by atoms with Gasteiger partial charge in [-0.1, -0.05) is 6.92 Å². The SMILES string of the molecule is CC1CCC(C(=O)NC(C)CF)C1. The average Bonchev–Trinajstić information content (AvgIpc) is 2.51. The van der Waals surface area contributed by atoms with Gasteiger partial charge in [-0.05, 0) is 32.1 Å². The number of carbonyl (C=O) groups excluding carboxylic acids is 1. The van der Waals surface area contributed by atoms with Crippen LogP contribution in [0.25, 0.3) is 0 Å². The number of alkyl halides is 1. The largest absolute Gasteiger partial charge is 0.351 e. The molecular weight excluding hydrogens is 169 g/mol. The summed E-state index contributed by atoms with van der Waals surface area (Å²) < 4.78 is 12.1. The van der Waals surface area contributed by atoms with Gasteiger partial charge in [0.2, 0.25) is 5.91 Å². The van der Waals surface area contributed by atoms with Crippen molar-refractivity contribution in [2.24, 2.45) is 11.8 Å². The minimum atomic E-state index is -0.478. The van der Waals surface area contributed by atoms with E-state index in [2.05, 4.69) is 12.2 Å². The second kappa shape index (κ2) is 4.58. The molecule has 76 valence electrons. The molecule has 1 aliphatic carbocycles. The van der Waals surface area contributed by atoms with E-state index in [-0.39, 0.29) is 17.9 Å². The highest BCUT2D eigenvalue weighted by atomic mass is 19.1. The van der Waals surface area contributed by atoms with Gasteiger partial charge in [-0.3, -0.25) is 4.79 Å². The first kappa shape index (κ1) is 10.5. The highest BCUT2D eigenvalue weighted by molar-refractivity contribution is 5.79. The van der Waals surface area contributed by atoms with Gasteiger partial charge >= 0.3 is 0 Å². The van der Waals surface area contributed by atoms with Crippen molar-refractivity contribution in [3.63, 3.8) is 0 Å². The molecule has 0 bridgehead atoms. The lowest BCUT2D eigenvalue weighted by Gasteiger charge is -2.14. The summed E-state index contributed by atoms with van der Waals surface area (Å²) in [4.78, 5) is 11.5. The Kier molecular flexibility index (Phi) is 3.70. The highest BCUT2D eigenvalue weighted by Crippen LogP contribution is 2.30. The Bertz CT molecular complexity index is 184. The zero-order chi connectivity index (χ0) is 9.84. The van der Waals surface area contributed by atoms with Crippen molar-refractivity contribution in [2.75, 3.05) is 6.67 Å². The van der Waals surface area contributed by atoms with Crippen LogP contribution in [0, 0.1) is 11.8 Å². The Morgan fingerprint density at radius 2 is 2.31 bits per heavy atom. The lowest BCUT2D eigenvalue weighted by Crippen LogP contribution is -2.37. The molecule has 3 heteroatoms. The minimum Gasteiger partial charge on any atom is -0.351 e. The number of hydrogen-bond acceptors (Lipinski definition) is 1. The van der Waals surface area contributed by atoms with Crippen LogP contribution in [0.5, 0.6) is 0 Å². The van der Waals surface area contributed by atoms with Crippen LogP contribution in [0.4, 0.5) is 4.39 Å². The van der Waals surface area contributed by atoms with Gasteiger partial charge in [-0.2, -0.15) is 0 Å². The zero-order valence-corrected chi connectivity index (χ0v) is 8.35. The number of halogens is 1. The number of carbonyl (C=O) groups is 1. The first-order valence-corrected chi connectivity index (χ1v) is 4.99. The molecule has 0 aliphatic heterocycles. The Balaban J connectivity index is 2.31. The van der Waals surface area contributed by atoms with Crippen LogP contribution in [0.1, 0.15) is 33.1 Å². The van der Waals surface area contributed by atoms with Crippen molar-refractivity contribution in [3.8, 4) is 0 Å². The first-order valence-electron chi connectivity index (χ1n) is 4.99. The summed E-state index contributed by atoms with van der Waals surface area (Å²) in [5.74, 6) is 0.815. The van der Waals surface area contributed by atoms with Crippen molar-refractivity contribution in [2.45, 2.75) is 39.2 Å². The summed E-state index contributed by atoms with van der Waals surface area (Å²) in [6, 6.07) is -0.330. The summed E-state index contributed by atoms with van der Waals surface area (Å²) in [6.45, 7) is 3.37. The molecule has 0 spiro atoms. The van der Waals surface area contributed by atoms with Crippen molar-refractivity contribution in [1.82, 2.24) is 5.32 Å². The van der Waals surface area contributed by atoms with E-state index in [0.717, 1.165) is 19.3 Å². The molecule has 0 aromatic rings. The molecule has 0 saturated heterocycles. The first-order chi connectivity index (χ1) is 6.13. The normalized spacial score (nSPS) is 30.1. The molecule has 1 N–H and O–H groups in total. The Labute approximate surface area is 78.9 Å². The molecule has 1 rings (SSSR count). The van der Waals surface area contributed by atoms with Gasteiger partial charge in [0.15, 0.2) is 0 Å². The summed E-state index contributed by atoms with van der Waals surface area (Å²) in [5, 5.41) is 2.68. The van der Waals surface area contributed by atoms with Gasteiger partial charge in [0.1, 0.15) is 6.67 Å². The summed E-state index contributed by atoms with van der Waals surface area (Å²) in [5.41, 5.74) is 0. The zero-order valence-electron chi connectivity index (χ0n) is 8.35. The standard InChI is InChI=1S/C10H18FNO/c1-7-3-4-9(5-7)10(13)12-8(2)6-11/h7-9H,3-6H2,1-2H3,(H,12,13). The number of hydrogen-bond donors (Lipinski definition) is 1. The maximum Gasteiger partial charge on any atom is 0.223 e. The molecule has 1 saturated carbocycles. The van der Waals surface area contributed by atoms with E-state index < -0.39 is 6.67 Å². The van der Waals surface area contributed by atoms with Gasteiger partial charge in [-0.15, -0.1) is 0 Å². The average molecular weight is 187 g/mol. The monoisotopic (exact) mass is 187 g/mol. The van der Waals surface area contributed by atoms with E-state index in [0.29, 0.717) is 5.92 Å². The molecule has 0 radical (unpaired) electrons. The van der Waals surface area contributed by atoms with Crippen LogP contribution in [-0.4, -0.2) is 18.6 Å². The van der Waals surface area contributed by atoms with Gasteiger partial charge in [0, 0.05) is 5.92 Å². The van der Waals surface area contributed by atoms with Crippen LogP contribution in [0.15, 0.2) is 0 Å². The quantitative estimate of drug-likeness (QED) is 0.718. The maximum atomic E-state index is 12.1. The summed E-state index contributed by atoms with van der Waals surface area (Å²) in [7, 11) is 0. The molecule has 1 fully saturated rings. The molecule has 0 heterocycles. The van der Waals surface area contributed by atoms with Gasteiger partial charge in [0.25, 0.3) is 0 Å². The summed E-state index contributed by atoms with van der Waals surface area (Å²) in [6.07, 6.45) is 3.05. The van der Waals surface area contributed by atoms with Crippen molar-refractivity contribution >= 4 is 5.91 Å². The molecule has 3 atom stereocenters. The fourth-order valence-corrected chi connectivity index (χ4v) is 1.84. The molecule has 1 amide bonds. The molecule has 2 nitrogen and oxygen atoms in total. The van der Waals surface area contributed by atoms with E-state index in [1.54, 1.807) is 6.92 Å². The van der Waals surface area contributed by atoms with Crippen LogP contribution >= 0.6 is 0 Å². The van der Waals surface area contributed by atoms with Crippen molar-refractivity contribution < 1.29 is 9.18 Å². The second-order valence-corrected chi connectivity index (χ2v) is 4.18. The molecule has 3 unspecified atom stereocenters. The van der Waals surface area contributed by atoms with Gasteiger partial charge in [0.05, 0.1) is 6.04 Å². The Morgan fingerprint density at radius 1 is 1.62 bits per heavy atom. The third-order valence-corrected chi connectivity index (χ3v) is 2.69. The van der Waals surface area contributed by atoms with E-state index in [4.69, 9.17) is 0 Å². The van der Waals surface area contributed by atoms with Crippen molar-refractivity contribution in [1.29, 1.82) is 0 Å². The van der Waals surface area contributed by atoms with Gasteiger partial charge < -0.3 is 5.32 Å². The van der Waals surface area contributed by atoms with Crippen LogP contribution < -0.4 is 5.32 Å². The molecule has 0 aromatic heterocycles. The van der Waals surface area contributed by atoms with Crippen molar-refractivity contribution in [3.05, 3.63) is 0 Å². The third-order valence-electron chi connectivity index (χ3n) is 2.69. The smallest absolute Gasteiger partial charge is 0.223 e. The second-order valence-electron chi connectivity index (χ2n) is 4.18. The fraction of sp³-hybridized carbons (Fsp3) is 0.900. The molecule has 1 aliphatic rings. The topological polar surface area (TPSA) is 29.1 Å².